The number of primary amides is 1. The second-order valence-corrected chi connectivity index (χ2v) is 4.88. The predicted molar refractivity (Wildman–Crippen MR) is 82.1 cm³/mol. The van der Waals surface area contributed by atoms with Crippen LogP contribution in [-0.2, 0) is 9.59 Å². The Hall–Kier alpha value is -2.71. The van der Waals surface area contributed by atoms with Gasteiger partial charge in [0.1, 0.15) is 5.52 Å². The molecule has 0 aliphatic heterocycles. The Morgan fingerprint density at radius 2 is 2.09 bits per heavy atom. The van der Waals surface area contributed by atoms with E-state index in [1.54, 1.807) is 0 Å². The molecule has 2 aromatic heterocycles. The van der Waals surface area contributed by atoms with Gasteiger partial charge in [0, 0.05) is 19.9 Å². The number of H-pyrrole nitrogens is 1. The van der Waals surface area contributed by atoms with Gasteiger partial charge in [-0.2, -0.15) is 9.97 Å². The van der Waals surface area contributed by atoms with Crippen molar-refractivity contribution < 1.29 is 9.59 Å². The van der Waals surface area contributed by atoms with Crippen LogP contribution in [0.5, 0.6) is 0 Å². The van der Waals surface area contributed by atoms with Crippen LogP contribution >= 0.6 is 0 Å². The smallest absolute Gasteiger partial charge is 0.233 e. The van der Waals surface area contributed by atoms with E-state index in [2.05, 4.69) is 30.6 Å². The van der Waals surface area contributed by atoms with Crippen molar-refractivity contribution in [1.29, 1.82) is 0 Å². The van der Waals surface area contributed by atoms with Crippen molar-refractivity contribution >= 4 is 34.7 Å². The molecular weight excluding hydrogens is 286 g/mol. The SMILES string of the molecule is CC(=O)Nc1nc(NCCCCCC(N)=O)c2[nH]cnc2n1. The molecule has 118 valence electrons. The summed E-state index contributed by atoms with van der Waals surface area (Å²) in [5.74, 6) is 0.277. The van der Waals surface area contributed by atoms with Gasteiger partial charge in [-0.25, -0.2) is 4.98 Å². The zero-order valence-electron chi connectivity index (χ0n) is 12.3. The third-order valence-electron chi connectivity index (χ3n) is 2.97. The van der Waals surface area contributed by atoms with Crippen LogP contribution in [-0.4, -0.2) is 38.3 Å². The van der Waals surface area contributed by atoms with Crippen LogP contribution in [0.15, 0.2) is 6.33 Å². The molecule has 0 fully saturated rings. The first-order valence-electron chi connectivity index (χ1n) is 7.07. The first kappa shape index (κ1) is 15.7. The van der Waals surface area contributed by atoms with E-state index in [4.69, 9.17) is 5.73 Å². The van der Waals surface area contributed by atoms with Gasteiger partial charge < -0.3 is 16.0 Å². The topological polar surface area (TPSA) is 139 Å². The van der Waals surface area contributed by atoms with Gasteiger partial charge in [-0.05, 0) is 12.8 Å². The van der Waals surface area contributed by atoms with Gasteiger partial charge in [0.2, 0.25) is 17.8 Å². The molecule has 0 aromatic carbocycles. The van der Waals surface area contributed by atoms with Crippen molar-refractivity contribution in [2.24, 2.45) is 5.73 Å². The molecular formula is C13H19N7O2. The number of hydrogen-bond donors (Lipinski definition) is 4. The minimum absolute atomic E-state index is 0.211. The molecule has 9 heteroatoms. The zero-order chi connectivity index (χ0) is 15.9. The fourth-order valence-electron chi connectivity index (χ4n) is 1.98. The van der Waals surface area contributed by atoms with Gasteiger partial charge >= 0.3 is 0 Å². The monoisotopic (exact) mass is 305 g/mol. The lowest BCUT2D eigenvalue weighted by atomic mass is 10.2. The fourth-order valence-corrected chi connectivity index (χ4v) is 1.98. The number of nitrogens with two attached hydrogens (primary N) is 1. The maximum Gasteiger partial charge on any atom is 0.233 e. The molecule has 2 amide bonds. The lowest BCUT2D eigenvalue weighted by Crippen LogP contribution is -2.12. The van der Waals surface area contributed by atoms with Gasteiger partial charge in [-0.15, -0.1) is 0 Å². The van der Waals surface area contributed by atoms with Crippen molar-refractivity contribution in [1.82, 2.24) is 19.9 Å². The van der Waals surface area contributed by atoms with E-state index in [1.165, 1.54) is 13.3 Å². The summed E-state index contributed by atoms with van der Waals surface area (Å²) in [6, 6.07) is 0. The van der Waals surface area contributed by atoms with Gasteiger partial charge in [0.05, 0.1) is 6.33 Å². The number of aromatic nitrogens is 4. The first-order chi connectivity index (χ1) is 10.6. The van der Waals surface area contributed by atoms with Crippen molar-refractivity contribution in [3.8, 4) is 0 Å². The van der Waals surface area contributed by atoms with Crippen molar-refractivity contribution in [3.63, 3.8) is 0 Å². The fraction of sp³-hybridized carbons (Fsp3) is 0.462. The molecule has 0 atom stereocenters. The third-order valence-corrected chi connectivity index (χ3v) is 2.97. The second-order valence-electron chi connectivity index (χ2n) is 4.88. The highest BCUT2D eigenvalue weighted by molar-refractivity contribution is 5.89. The second kappa shape index (κ2) is 7.34. The highest BCUT2D eigenvalue weighted by atomic mass is 16.1. The van der Waals surface area contributed by atoms with E-state index in [1.807, 2.05) is 0 Å². The number of carbonyl (C=O) groups is 2. The molecule has 0 saturated carbocycles. The molecule has 5 N–H and O–H groups in total. The summed E-state index contributed by atoms with van der Waals surface area (Å²) in [7, 11) is 0. The molecule has 0 saturated heterocycles. The van der Waals surface area contributed by atoms with Gasteiger partial charge in [0.25, 0.3) is 0 Å². The van der Waals surface area contributed by atoms with Crippen molar-refractivity contribution in [2.45, 2.75) is 32.6 Å². The van der Waals surface area contributed by atoms with E-state index < -0.39 is 0 Å². The average Bonchev–Trinajstić information content (AvgIpc) is 2.89. The Morgan fingerprint density at radius 1 is 1.27 bits per heavy atom. The minimum Gasteiger partial charge on any atom is -0.370 e. The van der Waals surface area contributed by atoms with Gasteiger partial charge in [-0.1, -0.05) is 6.42 Å². The number of carbonyl (C=O) groups excluding carboxylic acids is 2. The zero-order valence-corrected chi connectivity index (χ0v) is 12.3. The third kappa shape index (κ3) is 4.40. The molecule has 0 radical (unpaired) electrons. The number of unbranched alkanes of at least 4 members (excludes halogenated alkanes) is 2. The highest BCUT2D eigenvalue weighted by Gasteiger charge is 2.10. The molecule has 0 aliphatic rings. The molecule has 9 nitrogen and oxygen atoms in total. The van der Waals surface area contributed by atoms with Gasteiger partial charge in [0.15, 0.2) is 11.5 Å². The summed E-state index contributed by atoms with van der Waals surface area (Å²) in [6.45, 7) is 2.08. The summed E-state index contributed by atoms with van der Waals surface area (Å²) >= 11 is 0. The van der Waals surface area contributed by atoms with Crippen LogP contribution in [0, 0.1) is 0 Å². The normalized spacial score (nSPS) is 10.6. The number of nitrogens with zero attached hydrogens (tertiary/aromatic N) is 3. The van der Waals surface area contributed by atoms with Crippen LogP contribution in [0.3, 0.4) is 0 Å². The number of rotatable bonds is 8. The Labute approximate surface area is 127 Å². The van der Waals surface area contributed by atoms with Crippen LogP contribution in [0.2, 0.25) is 0 Å². The number of nitrogens with one attached hydrogen (secondary N) is 3. The maximum atomic E-state index is 11.1. The average molecular weight is 305 g/mol. The van der Waals surface area contributed by atoms with E-state index >= 15 is 0 Å². The Balaban J connectivity index is 1.95. The molecule has 0 bridgehead atoms. The largest absolute Gasteiger partial charge is 0.370 e. The minimum atomic E-state index is -0.275. The van der Waals surface area contributed by atoms with Crippen molar-refractivity contribution in [3.05, 3.63) is 6.33 Å². The predicted octanol–water partition coefficient (Wildman–Crippen LogP) is 0.769. The molecule has 2 heterocycles. The Bertz CT molecular complexity index is 667. The van der Waals surface area contributed by atoms with Crippen LogP contribution in [0.25, 0.3) is 11.2 Å². The van der Waals surface area contributed by atoms with Crippen molar-refractivity contribution in [2.75, 3.05) is 17.2 Å². The molecule has 0 spiro atoms. The lowest BCUT2D eigenvalue weighted by Gasteiger charge is -2.08. The molecule has 0 unspecified atom stereocenters. The summed E-state index contributed by atoms with van der Waals surface area (Å²) < 4.78 is 0. The maximum absolute atomic E-state index is 11.1. The molecule has 0 aliphatic carbocycles. The van der Waals surface area contributed by atoms with E-state index in [-0.39, 0.29) is 17.8 Å². The number of fused-ring (bicyclic) bond motifs is 1. The summed E-state index contributed by atoms with van der Waals surface area (Å²) in [6.07, 6.45) is 4.48. The quantitative estimate of drug-likeness (QED) is 0.531. The van der Waals surface area contributed by atoms with Gasteiger partial charge in [-0.3, -0.25) is 14.9 Å². The highest BCUT2D eigenvalue weighted by Crippen LogP contribution is 2.18. The summed E-state index contributed by atoms with van der Waals surface area (Å²) in [4.78, 5) is 37.2. The van der Waals surface area contributed by atoms with E-state index in [0.29, 0.717) is 29.9 Å². The van der Waals surface area contributed by atoms with Crippen LogP contribution in [0.4, 0.5) is 11.8 Å². The summed E-state index contributed by atoms with van der Waals surface area (Å²) in [5.41, 5.74) is 6.26. The van der Waals surface area contributed by atoms with Crippen LogP contribution in [0.1, 0.15) is 32.6 Å². The number of imidazole rings is 1. The van der Waals surface area contributed by atoms with Crippen LogP contribution < -0.4 is 16.4 Å². The Kier molecular flexibility index (Phi) is 5.23. The number of aromatic amines is 1. The summed E-state index contributed by atoms with van der Waals surface area (Å²) in [5, 5.41) is 5.73. The number of hydrogen-bond acceptors (Lipinski definition) is 6. The molecule has 2 rings (SSSR count). The molecule has 2 aromatic rings. The standard InChI is InChI=1S/C13H19N7O2/c1-8(21)18-13-19-11(10-12(20-13)17-7-16-10)15-6-4-2-3-5-9(14)22/h7H,2-6H2,1H3,(H2,14,22)(H3,15,16,17,18,19,20,21). The van der Waals surface area contributed by atoms with E-state index in [9.17, 15) is 9.59 Å². The Morgan fingerprint density at radius 3 is 2.82 bits per heavy atom. The molecule has 22 heavy (non-hydrogen) atoms. The number of anilines is 2. The lowest BCUT2D eigenvalue weighted by molar-refractivity contribution is -0.118. The number of amides is 2. The van der Waals surface area contributed by atoms with E-state index in [0.717, 1.165) is 19.3 Å². The first-order valence-corrected chi connectivity index (χ1v) is 7.07.